The summed E-state index contributed by atoms with van der Waals surface area (Å²) in [6.45, 7) is 6.92. The van der Waals surface area contributed by atoms with E-state index in [1.165, 1.54) is 11.1 Å². The van der Waals surface area contributed by atoms with Gasteiger partial charge in [-0.15, -0.1) is 11.8 Å². The van der Waals surface area contributed by atoms with Crippen LogP contribution in [0.2, 0.25) is 10.0 Å². The van der Waals surface area contributed by atoms with Gasteiger partial charge in [0.15, 0.2) is 0 Å². The number of rotatable bonds is 12. The van der Waals surface area contributed by atoms with E-state index in [1.54, 1.807) is 28.8 Å². The molecule has 0 unspecified atom stereocenters. The number of thioether (sulfide) groups is 1. The minimum atomic E-state index is -0.550. The van der Waals surface area contributed by atoms with Gasteiger partial charge in [-0.05, 0) is 43.0 Å². The number of hydrogen-bond donors (Lipinski definition) is 1. The zero-order valence-corrected chi connectivity index (χ0v) is 21.3. The van der Waals surface area contributed by atoms with E-state index in [0.29, 0.717) is 23.0 Å². The van der Waals surface area contributed by atoms with Crippen LogP contribution in [0.5, 0.6) is 0 Å². The number of nitrogens with one attached hydrogen (secondary N) is 1. The van der Waals surface area contributed by atoms with E-state index in [0.717, 1.165) is 24.2 Å². The van der Waals surface area contributed by atoms with Gasteiger partial charge in [-0.1, -0.05) is 79.4 Å². The average molecular weight is 496 g/mol. The maximum Gasteiger partial charge on any atom is 0.242 e. The number of amides is 2. The first-order valence-electron chi connectivity index (χ1n) is 11.0. The van der Waals surface area contributed by atoms with Crippen LogP contribution in [0.4, 0.5) is 0 Å². The van der Waals surface area contributed by atoms with E-state index >= 15 is 0 Å². The Labute approximate surface area is 206 Å². The lowest BCUT2D eigenvalue weighted by Gasteiger charge is -2.31. The molecule has 1 N–H and O–H groups in total. The van der Waals surface area contributed by atoms with Crippen LogP contribution in [0.3, 0.4) is 0 Å². The molecule has 0 heterocycles. The van der Waals surface area contributed by atoms with Gasteiger partial charge in [0.1, 0.15) is 6.04 Å². The molecule has 0 fully saturated rings. The highest BCUT2D eigenvalue weighted by atomic mass is 35.5. The third-order valence-electron chi connectivity index (χ3n) is 5.19. The van der Waals surface area contributed by atoms with E-state index in [4.69, 9.17) is 23.2 Å². The minimum absolute atomic E-state index is 0.0781. The molecule has 0 aliphatic carbocycles. The lowest BCUT2D eigenvalue weighted by atomic mass is 10.1. The second-order valence-corrected chi connectivity index (χ2v) is 9.63. The normalized spacial score (nSPS) is 11.8. The Bertz CT molecular complexity index is 890. The molecule has 32 heavy (non-hydrogen) atoms. The lowest BCUT2D eigenvalue weighted by molar-refractivity contribution is -0.139. The van der Waals surface area contributed by atoms with Gasteiger partial charge >= 0.3 is 0 Å². The monoisotopic (exact) mass is 494 g/mol. The summed E-state index contributed by atoms with van der Waals surface area (Å²) in [6.07, 6.45) is 2.43. The Morgan fingerprint density at radius 2 is 1.81 bits per heavy atom. The highest BCUT2D eigenvalue weighted by Gasteiger charge is 2.28. The Morgan fingerprint density at radius 3 is 2.44 bits per heavy atom. The summed E-state index contributed by atoms with van der Waals surface area (Å²) in [7, 11) is 0. The zero-order chi connectivity index (χ0) is 23.5. The van der Waals surface area contributed by atoms with Gasteiger partial charge in [0.2, 0.25) is 11.8 Å². The standard InChI is InChI=1S/C25H32Cl2N2O2S/c1-4-6-13-28-25(31)23(5-2)29(15-20-11-12-21(26)14-22(20)27)24(30)17-32-16-19-9-7-18(3)8-10-19/h7-12,14,23H,4-6,13,15-17H2,1-3H3,(H,28,31)/t23-/m1/s1. The fourth-order valence-electron chi connectivity index (χ4n) is 3.28. The molecule has 1 atom stereocenters. The van der Waals surface area contributed by atoms with Crippen LogP contribution in [-0.4, -0.2) is 35.1 Å². The summed E-state index contributed by atoms with van der Waals surface area (Å²) < 4.78 is 0. The van der Waals surface area contributed by atoms with Crippen LogP contribution in [0.15, 0.2) is 42.5 Å². The second kappa shape index (κ2) is 13.8. The predicted molar refractivity (Wildman–Crippen MR) is 136 cm³/mol. The summed E-state index contributed by atoms with van der Waals surface area (Å²) in [6, 6.07) is 13.0. The maximum atomic E-state index is 13.3. The van der Waals surface area contributed by atoms with E-state index in [1.807, 2.05) is 13.0 Å². The maximum absolute atomic E-state index is 13.3. The van der Waals surface area contributed by atoms with Crippen molar-refractivity contribution in [3.05, 3.63) is 69.2 Å². The number of aryl methyl sites for hydroxylation is 1. The number of halogens is 2. The molecule has 2 amide bonds. The molecule has 0 saturated heterocycles. The first-order valence-corrected chi connectivity index (χ1v) is 12.9. The second-order valence-electron chi connectivity index (χ2n) is 7.80. The fraction of sp³-hybridized carbons (Fsp3) is 0.440. The Hall–Kier alpha value is -1.69. The molecule has 0 aliphatic heterocycles. The van der Waals surface area contributed by atoms with Crippen molar-refractivity contribution in [2.75, 3.05) is 12.3 Å². The van der Waals surface area contributed by atoms with Crippen molar-refractivity contribution in [3.63, 3.8) is 0 Å². The molecule has 2 rings (SSSR count). The Morgan fingerprint density at radius 1 is 1.09 bits per heavy atom. The highest BCUT2D eigenvalue weighted by molar-refractivity contribution is 7.99. The predicted octanol–water partition coefficient (Wildman–Crippen LogP) is 6.26. The summed E-state index contributed by atoms with van der Waals surface area (Å²) >= 11 is 14.0. The quantitative estimate of drug-likeness (QED) is 0.354. The number of unbranched alkanes of at least 4 members (excludes halogenated alkanes) is 1. The molecule has 7 heteroatoms. The molecule has 0 aliphatic rings. The van der Waals surface area contributed by atoms with E-state index < -0.39 is 6.04 Å². The van der Waals surface area contributed by atoms with Crippen LogP contribution in [0, 0.1) is 6.92 Å². The Kier molecular flexibility index (Phi) is 11.4. The SMILES string of the molecule is CCCCNC(=O)[C@@H](CC)N(Cc1ccc(Cl)cc1Cl)C(=O)CSCc1ccc(C)cc1. The van der Waals surface area contributed by atoms with Crippen LogP contribution < -0.4 is 5.32 Å². The molecule has 0 radical (unpaired) electrons. The summed E-state index contributed by atoms with van der Waals surface area (Å²) in [5.41, 5.74) is 3.15. The van der Waals surface area contributed by atoms with E-state index in [-0.39, 0.29) is 24.1 Å². The van der Waals surface area contributed by atoms with E-state index in [2.05, 4.69) is 43.4 Å². The van der Waals surface area contributed by atoms with Crippen molar-refractivity contribution in [1.82, 2.24) is 10.2 Å². The first kappa shape index (κ1) is 26.6. The number of carbonyl (C=O) groups is 2. The third-order valence-corrected chi connectivity index (χ3v) is 6.76. The Balaban J connectivity index is 2.14. The fourth-order valence-corrected chi connectivity index (χ4v) is 4.62. The minimum Gasteiger partial charge on any atom is -0.354 e. The largest absolute Gasteiger partial charge is 0.354 e. The molecule has 2 aromatic rings. The van der Waals surface area contributed by atoms with Gasteiger partial charge in [-0.25, -0.2) is 0 Å². The van der Waals surface area contributed by atoms with Crippen LogP contribution >= 0.6 is 35.0 Å². The number of benzene rings is 2. The van der Waals surface area contributed by atoms with Crippen molar-refractivity contribution in [3.8, 4) is 0 Å². The number of hydrogen-bond acceptors (Lipinski definition) is 3. The average Bonchev–Trinajstić information content (AvgIpc) is 2.76. The number of nitrogens with zero attached hydrogens (tertiary/aromatic N) is 1. The summed E-state index contributed by atoms with van der Waals surface area (Å²) in [5, 5.41) is 4.00. The summed E-state index contributed by atoms with van der Waals surface area (Å²) in [5.74, 6) is 0.826. The molecule has 2 aromatic carbocycles. The molecule has 0 aromatic heterocycles. The van der Waals surface area contributed by atoms with Crippen LogP contribution in [0.25, 0.3) is 0 Å². The van der Waals surface area contributed by atoms with Crippen molar-refractivity contribution in [1.29, 1.82) is 0 Å². The van der Waals surface area contributed by atoms with Gasteiger partial charge in [0.05, 0.1) is 5.75 Å². The van der Waals surface area contributed by atoms with Crippen molar-refractivity contribution < 1.29 is 9.59 Å². The van der Waals surface area contributed by atoms with Crippen molar-refractivity contribution >= 4 is 46.8 Å². The van der Waals surface area contributed by atoms with Crippen LogP contribution in [0.1, 0.15) is 49.8 Å². The van der Waals surface area contributed by atoms with Crippen molar-refractivity contribution in [2.45, 2.75) is 58.4 Å². The van der Waals surface area contributed by atoms with Gasteiger partial charge in [0, 0.05) is 28.9 Å². The van der Waals surface area contributed by atoms with Crippen LogP contribution in [-0.2, 0) is 21.9 Å². The molecule has 0 bridgehead atoms. The molecular weight excluding hydrogens is 463 g/mol. The van der Waals surface area contributed by atoms with Gasteiger partial charge in [-0.2, -0.15) is 0 Å². The smallest absolute Gasteiger partial charge is 0.242 e. The van der Waals surface area contributed by atoms with Gasteiger partial charge < -0.3 is 10.2 Å². The van der Waals surface area contributed by atoms with Crippen molar-refractivity contribution in [2.24, 2.45) is 0 Å². The highest BCUT2D eigenvalue weighted by Crippen LogP contribution is 2.24. The van der Waals surface area contributed by atoms with Gasteiger partial charge in [0.25, 0.3) is 0 Å². The molecule has 0 spiro atoms. The lowest BCUT2D eigenvalue weighted by Crippen LogP contribution is -2.49. The number of carbonyl (C=O) groups excluding carboxylic acids is 2. The first-order chi connectivity index (χ1) is 15.3. The molecule has 4 nitrogen and oxygen atoms in total. The third kappa shape index (κ3) is 8.34. The zero-order valence-electron chi connectivity index (χ0n) is 19.0. The molecule has 174 valence electrons. The molecular formula is C25H32Cl2N2O2S. The summed E-state index contributed by atoms with van der Waals surface area (Å²) in [4.78, 5) is 27.8. The van der Waals surface area contributed by atoms with Gasteiger partial charge in [-0.3, -0.25) is 9.59 Å². The topological polar surface area (TPSA) is 49.4 Å². The van der Waals surface area contributed by atoms with E-state index in [9.17, 15) is 9.59 Å². The molecule has 0 saturated carbocycles.